The predicted octanol–water partition coefficient (Wildman–Crippen LogP) is 3.43. The second-order valence-electron chi connectivity index (χ2n) is 16.5. The summed E-state index contributed by atoms with van der Waals surface area (Å²) in [5, 5.41) is 62.1. The highest BCUT2D eigenvalue weighted by molar-refractivity contribution is 5.88. The zero-order valence-corrected chi connectivity index (χ0v) is 28.3. The van der Waals surface area contributed by atoms with Gasteiger partial charge in [0.2, 0.25) is 0 Å². The molecule has 9 nitrogen and oxygen atoms in total. The van der Waals surface area contributed by atoms with Crippen LogP contribution < -0.4 is 0 Å². The van der Waals surface area contributed by atoms with E-state index in [1.54, 1.807) is 0 Å². The molecule has 1 saturated heterocycles. The van der Waals surface area contributed by atoms with Gasteiger partial charge < -0.3 is 40.1 Å². The molecule has 45 heavy (non-hydrogen) atoms. The van der Waals surface area contributed by atoms with E-state index >= 15 is 0 Å². The van der Waals surface area contributed by atoms with Crippen LogP contribution in [0, 0.1) is 39.4 Å². The molecule has 0 amide bonds. The number of allylic oxidation sites excluding steroid dienone is 2. The van der Waals surface area contributed by atoms with Gasteiger partial charge in [0.1, 0.15) is 30.2 Å². The molecule has 0 spiro atoms. The Hall–Kier alpha value is -1.17. The zero-order chi connectivity index (χ0) is 33.3. The molecule has 0 aromatic carbocycles. The van der Waals surface area contributed by atoms with Crippen molar-refractivity contribution in [3.8, 4) is 0 Å². The van der Waals surface area contributed by atoms with E-state index in [2.05, 4.69) is 40.7 Å². The van der Waals surface area contributed by atoms with Crippen molar-refractivity contribution in [2.75, 3.05) is 13.2 Å². The van der Waals surface area contributed by atoms with E-state index in [-0.39, 0.29) is 47.1 Å². The van der Waals surface area contributed by atoms with Gasteiger partial charge in [-0.25, -0.2) is 0 Å². The van der Waals surface area contributed by atoms with Crippen LogP contribution >= 0.6 is 0 Å². The lowest BCUT2D eigenvalue weighted by Crippen LogP contribution is -2.64. The summed E-state index contributed by atoms with van der Waals surface area (Å²) in [7, 11) is 0. The molecule has 0 aromatic heterocycles. The van der Waals surface area contributed by atoms with Crippen molar-refractivity contribution in [3.63, 3.8) is 0 Å². The zero-order valence-electron chi connectivity index (χ0n) is 28.3. The topological polar surface area (TPSA) is 157 Å². The van der Waals surface area contributed by atoms with Crippen molar-refractivity contribution in [1.82, 2.24) is 0 Å². The van der Waals surface area contributed by atoms with Crippen LogP contribution in [0.3, 0.4) is 0 Å². The monoisotopic (exact) mass is 634 g/mol. The number of aliphatic hydroxyl groups is 6. The molecule has 0 bridgehead atoms. The van der Waals surface area contributed by atoms with Crippen LogP contribution in [-0.4, -0.2) is 92.0 Å². The van der Waals surface area contributed by atoms with Crippen LogP contribution in [0.4, 0.5) is 0 Å². The van der Waals surface area contributed by atoms with Crippen LogP contribution in [-0.2, 0) is 14.3 Å². The van der Waals surface area contributed by atoms with E-state index in [1.165, 1.54) is 5.57 Å². The molecule has 5 aliphatic rings. The highest BCUT2D eigenvalue weighted by atomic mass is 16.7. The molecule has 4 fully saturated rings. The Kier molecular flexibility index (Phi) is 9.42. The summed E-state index contributed by atoms with van der Waals surface area (Å²) < 4.78 is 12.0. The summed E-state index contributed by atoms with van der Waals surface area (Å²) in [6.45, 7) is 14.4. The summed E-state index contributed by atoms with van der Waals surface area (Å²) in [5.74, 6) is 0.462. The summed E-state index contributed by atoms with van der Waals surface area (Å²) in [5.41, 5.74) is -0.335. The lowest BCUT2D eigenvalue weighted by atomic mass is 9.38. The number of fused-ring (bicyclic) bond motifs is 5. The molecule has 3 saturated carbocycles. The van der Waals surface area contributed by atoms with Crippen molar-refractivity contribution >= 4 is 5.78 Å². The number of carbonyl (C=O) groups is 1. The Bertz CT molecular complexity index is 1190. The standard InChI is InChI=1S/C36H58O9/c1-20(18-37)9-8-15-35(6,43)24-14-16-33(4)25-12-10-21-22(36(25,7)26(39)17-34(24,33)5)11-13-27(32(21,2)3)45-31-30(42)29(41)28(40)23(19-38)44-31/h9-10,22-25,27-31,37-38,40-43H,8,11-19H2,1-7H3/b20-9+/t22-,23-,24+,25+,27+,28-,29+,30-,31+,33+,34-,35+,36+/m1/s1. The Morgan fingerprint density at radius 2 is 1.73 bits per heavy atom. The van der Waals surface area contributed by atoms with Gasteiger partial charge in [-0.3, -0.25) is 4.79 Å². The second-order valence-corrected chi connectivity index (χ2v) is 16.5. The highest BCUT2D eigenvalue weighted by Gasteiger charge is 2.71. The van der Waals surface area contributed by atoms with Gasteiger partial charge in [0.15, 0.2) is 6.29 Å². The number of rotatable bonds is 8. The Balaban J connectivity index is 1.40. The third-order valence-electron chi connectivity index (χ3n) is 13.9. The molecule has 0 radical (unpaired) electrons. The summed E-state index contributed by atoms with van der Waals surface area (Å²) in [6.07, 6.45) is 3.03. The van der Waals surface area contributed by atoms with E-state index in [4.69, 9.17) is 9.47 Å². The Morgan fingerprint density at radius 3 is 2.38 bits per heavy atom. The van der Waals surface area contributed by atoms with Gasteiger partial charge in [-0.2, -0.15) is 0 Å². The molecule has 1 aliphatic heterocycles. The Morgan fingerprint density at radius 1 is 1.04 bits per heavy atom. The largest absolute Gasteiger partial charge is 0.394 e. The van der Waals surface area contributed by atoms with Crippen LogP contribution in [0.15, 0.2) is 23.3 Å². The van der Waals surface area contributed by atoms with Crippen molar-refractivity contribution in [1.29, 1.82) is 0 Å². The fourth-order valence-corrected chi connectivity index (χ4v) is 10.8. The molecule has 0 unspecified atom stereocenters. The maximum Gasteiger partial charge on any atom is 0.187 e. The summed E-state index contributed by atoms with van der Waals surface area (Å²) in [4.78, 5) is 14.6. The first kappa shape index (κ1) is 35.1. The molecular weight excluding hydrogens is 576 g/mol. The van der Waals surface area contributed by atoms with E-state index in [1.807, 2.05) is 19.9 Å². The number of hydrogen-bond donors (Lipinski definition) is 6. The molecule has 0 aromatic rings. The number of ether oxygens (including phenoxy) is 2. The summed E-state index contributed by atoms with van der Waals surface area (Å²) in [6, 6.07) is 0. The average Bonchev–Trinajstić information content (AvgIpc) is 3.25. The van der Waals surface area contributed by atoms with Crippen molar-refractivity contribution < 1.29 is 44.9 Å². The fourth-order valence-electron chi connectivity index (χ4n) is 10.8. The van der Waals surface area contributed by atoms with E-state index in [0.717, 1.165) is 31.3 Å². The third-order valence-corrected chi connectivity index (χ3v) is 13.9. The van der Waals surface area contributed by atoms with Crippen LogP contribution in [0.1, 0.15) is 99.8 Å². The third kappa shape index (κ3) is 5.32. The molecule has 5 rings (SSSR count). The lowest BCUT2D eigenvalue weighted by molar-refractivity contribution is -0.319. The first-order valence-electron chi connectivity index (χ1n) is 17.1. The van der Waals surface area contributed by atoms with Crippen molar-refractivity contribution in [2.24, 2.45) is 39.4 Å². The number of aliphatic hydroxyl groups excluding tert-OH is 5. The van der Waals surface area contributed by atoms with Gasteiger partial charge in [-0.1, -0.05) is 57.9 Å². The Labute approximate surface area is 268 Å². The number of Topliss-reactive ketones (excluding diaryl/α,β-unsaturated/α-hetero) is 1. The molecule has 13 atom stereocenters. The minimum atomic E-state index is -1.50. The molecule has 9 heteroatoms. The molecule has 1 heterocycles. The van der Waals surface area contributed by atoms with Gasteiger partial charge in [0.05, 0.1) is 24.9 Å². The van der Waals surface area contributed by atoms with E-state index < -0.39 is 53.7 Å². The van der Waals surface area contributed by atoms with Crippen LogP contribution in [0.5, 0.6) is 0 Å². The minimum absolute atomic E-state index is 0.00387. The highest BCUT2D eigenvalue weighted by Crippen LogP contribution is 2.74. The van der Waals surface area contributed by atoms with Crippen LogP contribution in [0.2, 0.25) is 0 Å². The predicted molar refractivity (Wildman–Crippen MR) is 169 cm³/mol. The normalized spacial score (nSPS) is 47.8. The van der Waals surface area contributed by atoms with Crippen LogP contribution in [0.25, 0.3) is 0 Å². The maximum atomic E-state index is 14.6. The second kappa shape index (κ2) is 12.1. The first-order valence-corrected chi connectivity index (χ1v) is 17.1. The van der Waals surface area contributed by atoms with Gasteiger partial charge in [-0.05, 0) is 87.4 Å². The van der Waals surface area contributed by atoms with Gasteiger partial charge in [0.25, 0.3) is 0 Å². The molecular formula is C36H58O9. The SMILES string of the molecule is C/C(=C\CC[C@](C)(O)[C@H]1CC[C@@]2(C)[C@@H]3CC=C4[C@@H](CC[C@H](O[C@@H]5O[C@H](CO)[C@@H](O)[C@H](O)[C@H]5O)C4(C)C)[C@]3(C)C(=O)C[C@]12C)CO. The van der Waals surface area contributed by atoms with Crippen molar-refractivity contribution in [2.45, 2.75) is 142 Å². The molecule has 6 N–H and O–H groups in total. The van der Waals surface area contributed by atoms with Crippen molar-refractivity contribution in [3.05, 3.63) is 23.3 Å². The maximum absolute atomic E-state index is 14.6. The fraction of sp³-hybridized carbons (Fsp3) is 0.861. The number of ketones is 1. The van der Waals surface area contributed by atoms with E-state index in [0.29, 0.717) is 25.7 Å². The van der Waals surface area contributed by atoms with Gasteiger partial charge >= 0.3 is 0 Å². The van der Waals surface area contributed by atoms with Gasteiger partial charge in [-0.15, -0.1) is 0 Å². The number of carbonyl (C=O) groups excluding carboxylic acids is 1. The summed E-state index contributed by atoms with van der Waals surface area (Å²) >= 11 is 0. The number of hydrogen-bond acceptors (Lipinski definition) is 9. The van der Waals surface area contributed by atoms with E-state index in [9.17, 15) is 35.4 Å². The lowest BCUT2D eigenvalue weighted by Gasteiger charge is -2.65. The quantitative estimate of drug-likeness (QED) is 0.220. The average molecular weight is 635 g/mol. The first-order chi connectivity index (χ1) is 20.9. The molecule has 256 valence electrons. The molecule has 4 aliphatic carbocycles. The minimum Gasteiger partial charge on any atom is -0.394 e. The van der Waals surface area contributed by atoms with Gasteiger partial charge in [0, 0.05) is 17.3 Å². The smallest absolute Gasteiger partial charge is 0.187 e.